The first-order valence-electron chi connectivity index (χ1n) is 5.08. The summed E-state index contributed by atoms with van der Waals surface area (Å²) in [6, 6.07) is 5.51. The van der Waals surface area contributed by atoms with E-state index in [0.29, 0.717) is 10.7 Å². The minimum atomic E-state index is 0.642. The van der Waals surface area contributed by atoms with Crippen molar-refractivity contribution in [3.05, 3.63) is 40.4 Å². The van der Waals surface area contributed by atoms with Crippen LogP contribution in [0.25, 0.3) is 5.69 Å². The second-order valence-corrected chi connectivity index (χ2v) is 4.28. The van der Waals surface area contributed by atoms with Gasteiger partial charge in [0.05, 0.1) is 16.4 Å². The van der Waals surface area contributed by atoms with Crippen LogP contribution in [0.4, 0.5) is 5.69 Å². The zero-order valence-electron chi connectivity index (χ0n) is 9.58. The molecule has 84 valence electrons. The minimum absolute atomic E-state index is 0.642. The predicted octanol–water partition coefficient (Wildman–Crippen LogP) is 3.03. The molecular formula is C12H14ClN3. The van der Waals surface area contributed by atoms with Gasteiger partial charge in [-0.3, -0.25) is 4.57 Å². The molecule has 0 saturated carbocycles. The number of halogens is 1. The van der Waals surface area contributed by atoms with Crippen molar-refractivity contribution in [1.29, 1.82) is 0 Å². The molecule has 0 aliphatic heterocycles. The summed E-state index contributed by atoms with van der Waals surface area (Å²) in [5.41, 5.74) is 9.39. The van der Waals surface area contributed by atoms with Gasteiger partial charge in [0.15, 0.2) is 0 Å². The first-order chi connectivity index (χ1) is 7.50. The van der Waals surface area contributed by atoms with Crippen molar-refractivity contribution in [1.82, 2.24) is 9.55 Å². The lowest BCUT2D eigenvalue weighted by Crippen LogP contribution is -2.01. The fraction of sp³-hybridized carbons (Fsp3) is 0.250. The SMILES string of the molecule is Cc1nc(C)n(-c2ccc(N)cc2Cl)c1C. The van der Waals surface area contributed by atoms with Crippen LogP contribution in [0.5, 0.6) is 0 Å². The maximum atomic E-state index is 6.19. The van der Waals surface area contributed by atoms with Crippen LogP contribution in [0.2, 0.25) is 5.02 Å². The van der Waals surface area contributed by atoms with Gasteiger partial charge in [-0.2, -0.15) is 0 Å². The highest BCUT2D eigenvalue weighted by molar-refractivity contribution is 6.32. The molecule has 1 heterocycles. The lowest BCUT2D eigenvalue weighted by Gasteiger charge is -2.10. The van der Waals surface area contributed by atoms with Gasteiger partial charge < -0.3 is 5.73 Å². The molecule has 0 saturated heterocycles. The molecule has 2 rings (SSSR count). The van der Waals surface area contributed by atoms with Gasteiger partial charge in [-0.15, -0.1) is 0 Å². The Hall–Kier alpha value is -1.48. The lowest BCUT2D eigenvalue weighted by atomic mass is 10.2. The van der Waals surface area contributed by atoms with Crippen LogP contribution in [-0.4, -0.2) is 9.55 Å². The third-order valence-corrected chi connectivity index (χ3v) is 3.03. The summed E-state index contributed by atoms with van der Waals surface area (Å²) in [6.07, 6.45) is 0. The molecule has 0 bridgehead atoms. The van der Waals surface area contributed by atoms with Crippen LogP contribution < -0.4 is 5.73 Å². The summed E-state index contributed by atoms with van der Waals surface area (Å²) in [6.45, 7) is 5.98. The largest absolute Gasteiger partial charge is 0.399 e. The zero-order chi connectivity index (χ0) is 11.9. The molecule has 0 unspecified atom stereocenters. The maximum absolute atomic E-state index is 6.19. The molecule has 0 spiro atoms. The molecule has 0 aliphatic carbocycles. The van der Waals surface area contributed by atoms with E-state index in [9.17, 15) is 0 Å². The quantitative estimate of drug-likeness (QED) is 0.773. The third-order valence-electron chi connectivity index (χ3n) is 2.72. The fourth-order valence-electron chi connectivity index (χ4n) is 1.84. The van der Waals surface area contributed by atoms with E-state index in [2.05, 4.69) is 4.98 Å². The Morgan fingerprint density at radius 3 is 2.44 bits per heavy atom. The Bertz CT molecular complexity index is 543. The fourth-order valence-corrected chi connectivity index (χ4v) is 2.11. The number of anilines is 1. The average Bonchev–Trinajstić information content (AvgIpc) is 2.43. The number of nitrogens with two attached hydrogens (primary N) is 1. The Balaban J connectivity index is 2.67. The number of aryl methyl sites for hydroxylation is 2. The number of benzene rings is 1. The van der Waals surface area contributed by atoms with E-state index < -0.39 is 0 Å². The monoisotopic (exact) mass is 235 g/mol. The number of hydrogen-bond acceptors (Lipinski definition) is 2. The van der Waals surface area contributed by atoms with Crippen LogP contribution in [0.15, 0.2) is 18.2 Å². The highest BCUT2D eigenvalue weighted by atomic mass is 35.5. The highest BCUT2D eigenvalue weighted by Gasteiger charge is 2.11. The van der Waals surface area contributed by atoms with E-state index in [1.165, 1.54) is 0 Å². The van der Waals surface area contributed by atoms with E-state index >= 15 is 0 Å². The lowest BCUT2D eigenvalue weighted by molar-refractivity contribution is 0.941. The number of rotatable bonds is 1. The molecule has 1 aromatic carbocycles. The first kappa shape index (κ1) is 11.0. The second-order valence-electron chi connectivity index (χ2n) is 3.88. The summed E-state index contributed by atoms with van der Waals surface area (Å²) in [7, 11) is 0. The molecule has 2 N–H and O–H groups in total. The smallest absolute Gasteiger partial charge is 0.110 e. The summed E-state index contributed by atoms with van der Waals surface area (Å²) in [4.78, 5) is 4.42. The molecule has 4 heteroatoms. The number of imidazole rings is 1. The van der Waals surface area contributed by atoms with Gasteiger partial charge in [-0.1, -0.05) is 11.6 Å². The number of nitrogens with zero attached hydrogens (tertiary/aromatic N) is 2. The molecule has 0 fully saturated rings. The van der Waals surface area contributed by atoms with E-state index in [4.69, 9.17) is 17.3 Å². The van der Waals surface area contributed by atoms with Crippen molar-refractivity contribution < 1.29 is 0 Å². The Morgan fingerprint density at radius 2 is 1.94 bits per heavy atom. The zero-order valence-corrected chi connectivity index (χ0v) is 10.3. The van der Waals surface area contributed by atoms with Crippen LogP contribution in [0.1, 0.15) is 17.2 Å². The summed E-state index contributed by atoms with van der Waals surface area (Å²) >= 11 is 6.19. The van der Waals surface area contributed by atoms with Crippen molar-refractivity contribution in [2.24, 2.45) is 0 Å². The number of aromatic nitrogens is 2. The van der Waals surface area contributed by atoms with Gasteiger partial charge in [0.2, 0.25) is 0 Å². The van der Waals surface area contributed by atoms with Crippen LogP contribution >= 0.6 is 11.6 Å². The maximum Gasteiger partial charge on any atom is 0.110 e. The molecule has 0 radical (unpaired) electrons. The third kappa shape index (κ3) is 1.67. The van der Waals surface area contributed by atoms with Crippen LogP contribution in [0, 0.1) is 20.8 Å². The van der Waals surface area contributed by atoms with Crippen LogP contribution in [-0.2, 0) is 0 Å². The molecule has 1 aromatic heterocycles. The summed E-state index contributed by atoms with van der Waals surface area (Å²) < 4.78 is 2.04. The van der Waals surface area contributed by atoms with Gasteiger partial charge in [0.25, 0.3) is 0 Å². The summed E-state index contributed by atoms with van der Waals surface area (Å²) in [5, 5.41) is 0.642. The molecule has 0 amide bonds. The van der Waals surface area contributed by atoms with E-state index in [0.717, 1.165) is 22.9 Å². The molecular weight excluding hydrogens is 222 g/mol. The summed E-state index contributed by atoms with van der Waals surface area (Å²) in [5.74, 6) is 0.932. The standard InChI is InChI=1S/C12H14ClN3/c1-7-8(2)16(9(3)15-7)12-5-4-10(14)6-11(12)13/h4-6H,14H2,1-3H3. The molecule has 3 nitrogen and oxygen atoms in total. The van der Waals surface area contributed by atoms with Gasteiger partial charge in [-0.25, -0.2) is 4.98 Å². The van der Waals surface area contributed by atoms with E-state index in [-0.39, 0.29) is 0 Å². The van der Waals surface area contributed by atoms with Crippen molar-refractivity contribution >= 4 is 17.3 Å². The average molecular weight is 236 g/mol. The normalized spacial score (nSPS) is 10.8. The molecule has 0 atom stereocenters. The van der Waals surface area contributed by atoms with Crippen molar-refractivity contribution in [2.45, 2.75) is 20.8 Å². The van der Waals surface area contributed by atoms with Crippen molar-refractivity contribution in [3.63, 3.8) is 0 Å². The van der Waals surface area contributed by atoms with Gasteiger partial charge >= 0.3 is 0 Å². The highest BCUT2D eigenvalue weighted by Crippen LogP contribution is 2.26. The van der Waals surface area contributed by atoms with Crippen molar-refractivity contribution in [3.8, 4) is 5.69 Å². The predicted molar refractivity (Wildman–Crippen MR) is 67.2 cm³/mol. The van der Waals surface area contributed by atoms with Gasteiger partial charge in [-0.05, 0) is 39.0 Å². The molecule has 2 aromatic rings. The molecule has 0 aliphatic rings. The Kier molecular flexibility index (Phi) is 2.64. The number of nitrogen functional groups attached to an aromatic ring is 1. The number of hydrogen-bond donors (Lipinski definition) is 1. The Morgan fingerprint density at radius 1 is 1.25 bits per heavy atom. The van der Waals surface area contributed by atoms with Gasteiger partial charge in [0.1, 0.15) is 5.82 Å². The van der Waals surface area contributed by atoms with E-state index in [1.54, 1.807) is 6.07 Å². The van der Waals surface area contributed by atoms with Crippen molar-refractivity contribution in [2.75, 3.05) is 5.73 Å². The topological polar surface area (TPSA) is 43.8 Å². The minimum Gasteiger partial charge on any atom is -0.399 e. The second kappa shape index (κ2) is 3.83. The van der Waals surface area contributed by atoms with E-state index in [1.807, 2.05) is 37.5 Å². The van der Waals surface area contributed by atoms with Gasteiger partial charge in [0, 0.05) is 11.4 Å². The molecule has 16 heavy (non-hydrogen) atoms. The Labute approximate surface area is 99.9 Å². The van der Waals surface area contributed by atoms with Crippen LogP contribution in [0.3, 0.4) is 0 Å². The first-order valence-corrected chi connectivity index (χ1v) is 5.46.